The van der Waals surface area contributed by atoms with Crippen LogP contribution < -0.4 is 5.32 Å². The first-order valence-electron chi connectivity index (χ1n) is 9.01. The molecule has 0 spiro atoms. The fraction of sp³-hybridized carbons (Fsp3) is 1.00. The van der Waals surface area contributed by atoms with E-state index in [2.05, 4.69) is 31.0 Å². The summed E-state index contributed by atoms with van der Waals surface area (Å²) in [5, 5.41) is 13.2. The molecule has 0 aromatic carbocycles. The number of nitrogens with one attached hydrogen (secondary N) is 1. The monoisotopic (exact) mass is 296 g/mol. The second-order valence-corrected chi connectivity index (χ2v) is 8.59. The first kappa shape index (κ1) is 17.2. The Labute approximate surface area is 131 Å². The Morgan fingerprint density at radius 3 is 2.33 bits per heavy atom. The SMILES string of the molecule is CC(C)(C)NCC1(CN2CCC(CO)C2)CCCCCC1. The zero-order chi connectivity index (χ0) is 15.3. The van der Waals surface area contributed by atoms with Crippen LogP contribution in [-0.2, 0) is 0 Å². The highest BCUT2D eigenvalue weighted by Gasteiger charge is 2.35. The lowest BCUT2D eigenvalue weighted by molar-refractivity contribution is 0.128. The predicted octanol–water partition coefficient (Wildman–Crippen LogP) is 3.03. The van der Waals surface area contributed by atoms with Gasteiger partial charge in [-0.15, -0.1) is 0 Å². The van der Waals surface area contributed by atoms with Crippen molar-refractivity contribution in [3.8, 4) is 0 Å². The summed E-state index contributed by atoms with van der Waals surface area (Å²) in [6, 6.07) is 0. The van der Waals surface area contributed by atoms with Crippen molar-refractivity contribution in [2.24, 2.45) is 11.3 Å². The Bertz CT molecular complexity index is 303. The van der Waals surface area contributed by atoms with Crippen LogP contribution in [0.3, 0.4) is 0 Å². The van der Waals surface area contributed by atoms with Crippen LogP contribution in [-0.4, -0.2) is 48.3 Å². The lowest BCUT2D eigenvalue weighted by Crippen LogP contribution is -2.48. The highest BCUT2D eigenvalue weighted by molar-refractivity contribution is 4.91. The standard InChI is InChI=1S/C18H36N2O/c1-17(2,3)19-14-18(9-6-4-5-7-10-18)15-20-11-8-16(12-20)13-21/h16,19,21H,4-15H2,1-3H3. The van der Waals surface area contributed by atoms with E-state index in [1.54, 1.807) is 0 Å². The fourth-order valence-corrected chi connectivity index (χ4v) is 4.00. The quantitative estimate of drug-likeness (QED) is 0.766. The Hall–Kier alpha value is -0.120. The zero-order valence-corrected chi connectivity index (χ0v) is 14.5. The smallest absolute Gasteiger partial charge is 0.0471 e. The van der Waals surface area contributed by atoms with Gasteiger partial charge in [0.25, 0.3) is 0 Å². The van der Waals surface area contributed by atoms with E-state index in [9.17, 15) is 5.11 Å². The maximum atomic E-state index is 9.37. The molecule has 1 saturated heterocycles. The number of likely N-dealkylation sites (tertiary alicyclic amines) is 1. The summed E-state index contributed by atoms with van der Waals surface area (Å²) in [5.41, 5.74) is 0.659. The minimum absolute atomic E-state index is 0.206. The average molecular weight is 296 g/mol. The third-order valence-corrected chi connectivity index (χ3v) is 5.35. The van der Waals surface area contributed by atoms with Crippen LogP contribution in [0.4, 0.5) is 0 Å². The summed E-state index contributed by atoms with van der Waals surface area (Å²) >= 11 is 0. The van der Waals surface area contributed by atoms with Gasteiger partial charge >= 0.3 is 0 Å². The van der Waals surface area contributed by atoms with Crippen LogP contribution in [0.2, 0.25) is 0 Å². The topological polar surface area (TPSA) is 35.5 Å². The lowest BCUT2D eigenvalue weighted by atomic mass is 9.79. The van der Waals surface area contributed by atoms with E-state index < -0.39 is 0 Å². The van der Waals surface area contributed by atoms with Crippen molar-refractivity contribution in [3.05, 3.63) is 0 Å². The summed E-state index contributed by atoms with van der Waals surface area (Å²) in [6.45, 7) is 11.8. The molecule has 1 aliphatic carbocycles. The van der Waals surface area contributed by atoms with E-state index in [1.165, 1.54) is 58.0 Å². The number of aliphatic hydroxyl groups is 1. The Morgan fingerprint density at radius 2 is 1.81 bits per heavy atom. The molecule has 0 bridgehead atoms. The molecule has 3 heteroatoms. The van der Waals surface area contributed by atoms with Crippen LogP contribution in [0, 0.1) is 11.3 Å². The average Bonchev–Trinajstić information content (AvgIpc) is 2.74. The van der Waals surface area contributed by atoms with Gasteiger partial charge in [-0.05, 0) is 57.9 Å². The molecule has 0 aromatic heterocycles. The highest BCUT2D eigenvalue weighted by Crippen LogP contribution is 2.37. The van der Waals surface area contributed by atoms with E-state index in [-0.39, 0.29) is 5.54 Å². The Morgan fingerprint density at radius 1 is 1.14 bits per heavy atom. The van der Waals surface area contributed by atoms with Gasteiger partial charge in [-0.1, -0.05) is 25.7 Å². The third kappa shape index (κ3) is 5.54. The van der Waals surface area contributed by atoms with E-state index >= 15 is 0 Å². The van der Waals surface area contributed by atoms with Gasteiger partial charge in [-0.3, -0.25) is 0 Å². The van der Waals surface area contributed by atoms with Gasteiger partial charge in [0.05, 0.1) is 0 Å². The maximum Gasteiger partial charge on any atom is 0.0471 e. The highest BCUT2D eigenvalue weighted by atomic mass is 16.3. The van der Waals surface area contributed by atoms with Crippen molar-refractivity contribution in [1.82, 2.24) is 10.2 Å². The normalized spacial score (nSPS) is 27.7. The van der Waals surface area contributed by atoms with Crippen LogP contribution in [0.5, 0.6) is 0 Å². The van der Waals surface area contributed by atoms with Crippen LogP contribution in [0.1, 0.15) is 65.7 Å². The minimum atomic E-state index is 0.206. The summed E-state index contributed by atoms with van der Waals surface area (Å²) in [5.74, 6) is 0.517. The third-order valence-electron chi connectivity index (χ3n) is 5.35. The molecule has 21 heavy (non-hydrogen) atoms. The molecule has 1 saturated carbocycles. The molecule has 2 N–H and O–H groups in total. The van der Waals surface area contributed by atoms with Crippen molar-refractivity contribution in [2.75, 3.05) is 32.8 Å². The molecule has 0 amide bonds. The molecular formula is C18H36N2O. The van der Waals surface area contributed by atoms with Crippen LogP contribution >= 0.6 is 0 Å². The number of aliphatic hydroxyl groups excluding tert-OH is 1. The Kier molecular flexibility index (Phi) is 6.10. The minimum Gasteiger partial charge on any atom is -0.396 e. The van der Waals surface area contributed by atoms with Crippen LogP contribution in [0.25, 0.3) is 0 Å². The molecule has 1 unspecified atom stereocenters. The molecule has 124 valence electrons. The van der Waals surface area contributed by atoms with Gasteiger partial charge in [0.1, 0.15) is 0 Å². The number of rotatable bonds is 5. The molecule has 3 nitrogen and oxygen atoms in total. The van der Waals surface area contributed by atoms with E-state index in [0.717, 1.165) is 13.1 Å². The van der Waals surface area contributed by atoms with Gasteiger partial charge < -0.3 is 15.3 Å². The first-order chi connectivity index (χ1) is 9.92. The molecule has 1 aliphatic heterocycles. The lowest BCUT2D eigenvalue weighted by Gasteiger charge is -2.39. The number of hydrogen-bond donors (Lipinski definition) is 2. The second-order valence-electron chi connectivity index (χ2n) is 8.59. The van der Waals surface area contributed by atoms with E-state index in [4.69, 9.17) is 0 Å². The summed E-state index contributed by atoms with van der Waals surface area (Å²) in [7, 11) is 0. The number of nitrogens with zero attached hydrogens (tertiary/aromatic N) is 1. The molecule has 0 radical (unpaired) electrons. The van der Waals surface area contributed by atoms with Gasteiger partial charge in [0.15, 0.2) is 0 Å². The van der Waals surface area contributed by atoms with Crippen molar-refractivity contribution in [1.29, 1.82) is 0 Å². The Balaban J connectivity index is 1.97. The van der Waals surface area contributed by atoms with Gasteiger partial charge in [0, 0.05) is 31.8 Å². The summed E-state index contributed by atoms with van der Waals surface area (Å²) in [4.78, 5) is 2.62. The van der Waals surface area contributed by atoms with Gasteiger partial charge in [-0.25, -0.2) is 0 Å². The fourth-order valence-electron chi connectivity index (χ4n) is 4.00. The van der Waals surface area contributed by atoms with Gasteiger partial charge in [-0.2, -0.15) is 0 Å². The van der Waals surface area contributed by atoms with Crippen molar-refractivity contribution in [3.63, 3.8) is 0 Å². The van der Waals surface area contributed by atoms with Crippen molar-refractivity contribution in [2.45, 2.75) is 71.3 Å². The molecular weight excluding hydrogens is 260 g/mol. The van der Waals surface area contributed by atoms with E-state index in [1.807, 2.05) is 0 Å². The maximum absolute atomic E-state index is 9.37. The summed E-state index contributed by atoms with van der Waals surface area (Å²) < 4.78 is 0. The largest absolute Gasteiger partial charge is 0.396 e. The van der Waals surface area contributed by atoms with E-state index in [0.29, 0.717) is 17.9 Å². The molecule has 1 atom stereocenters. The van der Waals surface area contributed by atoms with Crippen molar-refractivity contribution < 1.29 is 5.11 Å². The first-order valence-corrected chi connectivity index (χ1v) is 9.01. The molecule has 2 aliphatic rings. The molecule has 2 fully saturated rings. The second kappa shape index (κ2) is 7.43. The number of hydrogen-bond acceptors (Lipinski definition) is 3. The molecule has 2 rings (SSSR count). The predicted molar refractivity (Wildman–Crippen MR) is 89.5 cm³/mol. The zero-order valence-electron chi connectivity index (χ0n) is 14.5. The van der Waals surface area contributed by atoms with Crippen molar-refractivity contribution >= 4 is 0 Å². The summed E-state index contributed by atoms with van der Waals surface area (Å²) in [6.07, 6.45) is 9.53. The van der Waals surface area contributed by atoms with Crippen LogP contribution in [0.15, 0.2) is 0 Å². The molecule has 1 heterocycles. The molecule has 0 aromatic rings. The van der Waals surface area contributed by atoms with Gasteiger partial charge in [0.2, 0.25) is 0 Å².